The average Bonchev–Trinajstić information content (AvgIpc) is 2.45. The van der Waals surface area contributed by atoms with Gasteiger partial charge >= 0.3 is 6.03 Å². The third-order valence-electron chi connectivity index (χ3n) is 3.11. The molecule has 1 unspecified atom stereocenters. The number of carbonyl (C=O) groups excluding carboxylic acids is 1. The van der Waals surface area contributed by atoms with E-state index in [4.69, 9.17) is 5.73 Å². The number of rotatable bonds is 5. The normalized spacial score (nSPS) is 11.7. The number of primary amides is 1. The molecule has 0 aliphatic carbocycles. The molecule has 0 saturated heterocycles. The zero-order valence-electron chi connectivity index (χ0n) is 11.5. The average molecular weight is 269 g/mol. The van der Waals surface area contributed by atoms with Gasteiger partial charge in [-0.15, -0.1) is 0 Å². The zero-order chi connectivity index (χ0) is 14.4. The second kappa shape index (κ2) is 6.61. The van der Waals surface area contributed by atoms with Gasteiger partial charge < -0.3 is 16.4 Å². The van der Waals surface area contributed by atoms with Crippen molar-refractivity contribution in [2.45, 2.75) is 12.8 Å². The maximum atomic E-state index is 10.8. The van der Waals surface area contributed by atoms with E-state index in [0.717, 1.165) is 12.2 Å². The Hall–Kier alpha value is -2.49. The van der Waals surface area contributed by atoms with E-state index in [1.807, 2.05) is 36.4 Å². The number of hydrogen-bond donors (Lipinski definition) is 3. The molecule has 0 aromatic heterocycles. The van der Waals surface area contributed by atoms with Crippen molar-refractivity contribution in [1.29, 1.82) is 0 Å². The standard InChI is InChI=1S/C16H19N3O/c1-12(13-6-3-2-4-7-13)11-18-14-8-5-9-15(10-14)19-16(17)20/h2-10,12,18H,11H2,1H3,(H3,17,19,20). The number of amides is 2. The maximum absolute atomic E-state index is 10.8. The SMILES string of the molecule is CC(CNc1cccc(NC(N)=O)c1)c1ccccc1. The lowest BCUT2D eigenvalue weighted by atomic mass is 10.0. The quantitative estimate of drug-likeness (QED) is 0.778. The highest BCUT2D eigenvalue weighted by atomic mass is 16.2. The van der Waals surface area contributed by atoms with Crippen LogP contribution in [0, 0.1) is 0 Å². The third-order valence-corrected chi connectivity index (χ3v) is 3.11. The second-order valence-electron chi connectivity index (χ2n) is 4.76. The summed E-state index contributed by atoms with van der Waals surface area (Å²) in [6, 6.07) is 17.3. The summed E-state index contributed by atoms with van der Waals surface area (Å²) >= 11 is 0. The third kappa shape index (κ3) is 4.02. The van der Waals surface area contributed by atoms with E-state index in [0.29, 0.717) is 11.6 Å². The van der Waals surface area contributed by atoms with Gasteiger partial charge in [0.15, 0.2) is 0 Å². The van der Waals surface area contributed by atoms with E-state index >= 15 is 0 Å². The Bertz CT molecular complexity index is 569. The van der Waals surface area contributed by atoms with E-state index < -0.39 is 6.03 Å². The Labute approximate surface area is 119 Å². The molecule has 2 aromatic carbocycles. The lowest BCUT2D eigenvalue weighted by Crippen LogP contribution is -2.19. The van der Waals surface area contributed by atoms with Crippen LogP contribution in [0.2, 0.25) is 0 Å². The van der Waals surface area contributed by atoms with Gasteiger partial charge in [-0.05, 0) is 29.7 Å². The van der Waals surface area contributed by atoms with Gasteiger partial charge in [-0.3, -0.25) is 0 Å². The van der Waals surface area contributed by atoms with Gasteiger partial charge in [-0.1, -0.05) is 43.3 Å². The van der Waals surface area contributed by atoms with E-state index in [-0.39, 0.29) is 0 Å². The molecule has 0 heterocycles. The van der Waals surface area contributed by atoms with Crippen LogP contribution in [0.5, 0.6) is 0 Å². The van der Waals surface area contributed by atoms with Crippen LogP contribution in [-0.4, -0.2) is 12.6 Å². The molecule has 104 valence electrons. The molecule has 0 aliphatic rings. The van der Waals surface area contributed by atoms with Crippen molar-refractivity contribution in [3.63, 3.8) is 0 Å². The van der Waals surface area contributed by atoms with Crippen molar-refractivity contribution in [2.24, 2.45) is 5.73 Å². The molecule has 4 nitrogen and oxygen atoms in total. The van der Waals surface area contributed by atoms with Crippen LogP contribution < -0.4 is 16.4 Å². The molecule has 20 heavy (non-hydrogen) atoms. The van der Waals surface area contributed by atoms with Crippen LogP contribution in [0.3, 0.4) is 0 Å². The molecule has 1 atom stereocenters. The summed E-state index contributed by atoms with van der Waals surface area (Å²) in [4.78, 5) is 10.8. The van der Waals surface area contributed by atoms with Crippen LogP contribution in [0.25, 0.3) is 0 Å². The fraction of sp³-hybridized carbons (Fsp3) is 0.188. The molecule has 2 rings (SSSR count). The van der Waals surface area contributed by atoms with Gasteiger partial charge in [0.05, 0.1) is 0 Å². The number of urea groups is 1. The minimum absolute atomic E-state index is 0.406. The predicted octanol–water partition coefficient (Wildman–Crippen LogP) is 3.39. The van der Waals surface area contributed by atoms with Crippen molar-refractivity contribution < 1.29 is 4.79 Å². The van der Waals surface area contributed by atoms with Gasteiger partial charge in [0.2, 0.25) is 0 Å². The number of carbonyl (C=O) groups is 1. The summed E-state index contributed by atoms with van der Waals surface area (Å²) in [5.41, 5.74) is 8.05. The molecule has 2 aromatic rings. The summed E-state index contributed by atoms with van der Waals surface area (Å²) in [7, 11) is 0. The molecule has 0 spiro atoms. The first-order valence-electron chi connectivity index (χ1n) is 6.60. The number of hydrogen-bond acceptors (Lipinski definition) is 2. The fourth-order valence-electron chi connectivity index (χ4n) is 2.02. The highest BCUT2D eigenvalue weighted by Gasteiger charge is 2.05. The smallest absolute Gasteiger partial charge is 0.316 e. The monoisotopic (exact) mass is 269 g/mol. The lowest BCUT2D eigenvalue weighted by Gasteiger charge is -2.14. The molecule has 0 saturated carbocycles. The van der Waals surface area contributed by atoms with Crippen molar-refractivity contribution in [2.75, 3.05) is 17.2 Å². The first-order chi connectivity index (χ1) is 9.65. The van der Waals surface area contributed by atoms with Crippen molar-refractivity contribution >= 4 is 17.4 Å². The van der Waals surface area contributed by atoms with Gasteiger partial charge in [-0.2, -0.15) is 0 Å². The number of nitrogens with one attached hydrogen (secondary N) is 2. The van der Waals surface area contributed by atoms with Gasteiger partial charge in [-0.25, -0.2) is 4.79 Å². The molecule has 0 radical (unpaired) electrons. The first kappa shape index (κ1) is 13.9. The fourth-order valence-corrected chi connectivity index (χ4v) is 2.02. The predicted molar refractivity (Wildman–Crippen MR) is 83.0 cm³/mol. The van der Waals surface area contributed by atoms with Crippen LogP contribution in [0.4, 0.5) is 16.2 Å². The van der Waals surface area contributed by atoms with Gasteiger partial charge in [0.25, 0.3) is 0 Å². The molecular weight excluding hydrogens is 250 g/mol. The number of anilines is 2. The van der Waals surface area contributed by atoms with E-state index in [2.05, 4.69) is 29.7 Å². The minimum Gasteiger partial charge on any atom is -0.384 e. The zero-order valence-corrected chi connectivity index (χ0v) is 11.5. The Balaban J connectivity index is 1.95. The number of benzene rings is 2. The van der Waals surface area contributed by atoms with E-state index in [9.17, 15) is 4.79 Å². The highest BCUT2D eigenvalue weighted by molar-refractivity contribution is 5.88. The second-order valence-corrected chi connectivity index (χ2v) is 4.76. The molecular formula is C16H19N3O. The Kier molecular flexibility index (Phi) is 4.60. The molecule has 2 amide bonds. The lowest BCUT2D eigenvalue weighted by molar-refractivity contribution is 0.259. The van der Waals surface area contributed by atoms with E-state index in [1.54, 1.807) is 6.07 Å². The Morgan fingerprint density at radius 2 is 1.80 bits per heavy atom. The summed E-state index contributed by atoms with van der Waals surface area (Å²) in [6.45, 7) is 3.00. The van der Waals surface area contributed by atoms with Crippen molar-refractivity contribution in [3.8, 4) is 0 Å². The van der Waals surface area contributed by atoms with Crippen molar-refractivity contribution in [1.82, 2.24) is 0 Å². The largest absolute Gasteiger partial charge is 0.384 e. The molecule has 0 bridgehead atoms. The summed E-state index contributed by atoms with van der Waals surface area (Å²) in [5, 5.41) is 5.93. The summed E-state index contributed by atoms with van der Waals surface area (Å²) in [5.74, 6) is 0.406. The van der Waals surface area contributed by atoms with Gasteiger partial charge in [0, 0.05) is 17.9 Å². The molecule has 4 heteroatoms. The molecule has 0 aliphatic heterocycles. The molecule has 4 N–H and O–H groups in total. The summed E-state index contributed by atoms with van der Waals surface area (Å²) < 4.78 is 0. The van der Waals surface area contributed by atoms with Crippen LogP contribution in [-0.2, 0) is 0 Å². The Morgan fingerprint density at radius 1 is 1.10 bits per heavy atom. The summed E-state index contributed by atoms with van der Waals surface area (Å²) in [6.07, 6.45) is 0. The Morgan fingerprint density at radius 3 is 2.50 bits per heavy atom. The van der Waals surface area contributed by atoms with Gasteiger partial charge in [0.1, 0.15) is 0 Å². The van der Waals surface area contributed by atoms with Crippen LogP contribution >= 0.6 is 0 Å². The maximum Gasteiger partial charge on any atom is 0.316 e. The molecule has 0 fully saturated rings. The number of nitrogens with two attached hydrogens (primary N) is 1. The highest BCUT2D eigenvalue weighted by Crippen LogP contribution is 2.18. The van der Waals surface area contributed by atoms with Crippen LogP contribution in [0.15, 0.2) is 54.6 Å². The minimum atomic E-state index is -0.556. The van der Waals surface area contributed by atoms with Crippen LogP contribution in [0.1, 0.15) is 18.4 Å². The first-order valence-corrected chi connectivity index (χ1v) is 6.60. The van der Waals surface area contributed by atoms with E-state index in [1.165, 1.54) is 5.56 Å². The van der Waals surface area contributed by atoms with Crippen molar-refractivity contribution in [3.05, 3.63) is 60.2 Å². The topological polar surface area (TPSA) is 67.2 Å².